The van der Waals surface area contributed by atoms with Crippen LogP contribution in [0.25, 0.3) is 0 Å². The quantitative estimate of drug-likeness (QED) is 0.314. The van der Waals surface area contributed by atoms with Gasteiger partial charge in [0, 0.05) is 28.4 Å². The monoisotopic (exact) mass is 560 g/mol. The lowest BCUT2D eigenvalue weighted by Crippen LogP contribution is -2.29. The van der Waals surface area contributed by atoms with Crippen molar-refractivity contribution >= 4 is 53.8 Å². The van der Waals surface area contributed by atoms with E-state index >= 15 is 0 Å². The Morgan fingerprint density at radius 1 is 0.973 bits per heavy atom. The van der Waals surface area contributed by atoms with Crippen molar-refractivity contribution in [3.8, 4) is 0 Å². The minimum Gasteiger partial charge on any atom is -0.322 e. The number of nitrogens with one attached hydrogen (secondary N) is 2. The van der Waals surface area contributed by atoms with Crippen molar-refractivity contribution in [3.05, 3.63) is 101 Å². The molecular weight excluding hydrogens is 539 g/mol. The Kier molecular flexibility index (Phi) is 7.57. The van der Waals surface area contributed by atoms with Crippen LogP contribution in [0.3, 0.4) is 0 Å². The lowest BCUT2D eigenvalue weighted by molar-refractivity contribution is 0.102. The molecule has 1 heterocycles. The molecule has 0 saturated heterocycles. The summed E-state index contributed by atoms with van der Waals surface area (Å²) in [7, 11) is -7.56. The number of rotatable bonds is 9. The average molecular weight is 561 g/mol. The van der Waals surface area contributed by atoms with Crippen LogP contribution in [0.1, 0.15) is 15.9 Å². The van der Waals surface area contributed by atoms with Crippen LogP contribution < -0.4 is 14.3 Å². The first kappa shape index (κ1) is 26.3. The molecule has 37 heavy (non-hydrogen) atoms. The van der Waals surface area contributed by atoms with E-state index in [9.17, 15) is 26.0 Å². The number of carbonyl (C=O) groups is 1. The molecule has 0 fully saturated rings. The number of sulfonamides is 2. The van der Waals surface area contributed by atoms with Crippen molar-refractivity contribution in [1.82, 2.24) is 4.98 Å². The van der Waals surface area contributed by atoms with Crippen molar-refractivity contribution in [2.75, 3.05) is 20.6 Å². The molecule has 3 aromatic carbocycles. The number of carbonyl (C=O) groups excluding carboxylic acids is 1. The molecule has 4 rings (SSSR count). The number of anilines is 3. The molecule has 0 atom stereocenters. The number of thiazole rings is 1. The van der Waals surface area contributed by atoms with Gasteiger partial charge in [-0.2, -0.15) is 0 Å². The number of hydrogen-bond acceptors (Lipinski definition) is 7. The third kappa shape index (κ3) is 6.50. The fourth-order valence-electron chi connectivity index (χ4n) is 3.33. The van der Waals surface area contributed by atoms with Gasteiger partial charge in [-0.15, -0.1) is 11.3 Å². The third-order valence-electron chi connectivity index (χ3n) is 5.17. The summed E-state index contributed by atoms with van der Waals surface area (Å²) in [5.74, 6) is -1.01. The van der Waals surface area contributed by atoms with Gasteiger partial charge in [-0.1, -0.05) is 18.2 Å². The van der Waals surface area contributed by atoms with Gasteiger partial charge < -0.3 is 5.32 Å². The molecular formula is C24H21FN4O5S3. The number of aromatic nitrogens is 1. The maximum absolute atomic E-state index is 14.1. The lowest BCUT2D eigenvalue weighted by Gasteiger charge is -2.23. The molecule has 1 aromatic heterocycles. The molecule has 0 bridgehead atoms. The highest BCUT2D eigenvalue weighted by atomic mass is 32.2. The summed E-state index contributed by atoms with van der Waals surface area (Å²) in [6, 6.07) is 17.3. The molecule has 0 aliphatic rings. The zero-order chi connectivity index (χ0) is 26.6. The van der Waals surface area contributed by atoms with Gasteiger partial charge in [0.15, 0.2) is 5.13 Å². The normalized spacial score (nSPS) is 11.6. The van der Waals surface area contributed by atoms with E-state index in [4.69, 9.17) is 0 Å². The summed E-state index contributed by atoms with van der Waals surface area (Å²) in [4.78, 5) is 16.6. The predicted molar refractivity (Wildman–Crippen MR) is 141 cm³/mol. The minimum atomic E-state index is -3.82. The Hall–Kier alpha value is -3.81. The minimum absolute atomic E-state index is 0.000714. The Balaban J connectivity index is 1.46. The number of nitrogens with zero attached hydrogens (tertiary/aromatic N) is 2. The van der Waals surface area contributed by atoms with Crippen LogP contribution in [0, 0.1) is 5.82 Å². The smallest absolute Gasteiger partial charge is 0.263 e. The molecule has 0 saturated carbocycles. The van der Waals surface area contributed by atoms with Gasteiger partial charge in [-0.05, 0) is 54.6 Å². The van der Waals surface area contributed by atoms with E-state index in [1.54, 1.807) is 11.4 Å². The fraction of sp³-hybridized carbons (Fsp3) is 0.0833. The topological polar surface area (TPSA) is 126 Å². The fourth-order valence-corrected chi connectivity index (χ4v) is 6.00. The molecule has 2 N–H and O–H groups in total. The Labute approximate surface area is 217 Å². The summed E-state index contributed by atoms with van der Waals surface area (Å²) in [6.45, 7) is -0.205. The van der Waals surface area contributed by atoms with Gasteiger partial charge in [-0.3, -0.25) is 13.8 Å². The number of amides is 1. The average Bonchev–Trinajstić information content (AvgIpc) is 3.35. The van der Waals surface area contributed by atoms with Gasteiger partial charge in [-0.25, -0.2) is 26.2 Å². The molecule has 13 heteroatoms. The van der Waals surface area contributed by atoms with Crippen LogP contribution in [-0.2, 0) is 26.6 Å². The van der Waals surface area contributed by atoms with Crippen molar-refractivity contribution in [2.24, 2.45) is 0 Å². The van der Waals surface area contributed by atoms with E-state index in [1.165, 1.54) is 72.9 Å². The molecule has 4 aromatic rings. The van der Waals surface area contributed by atoms with Crippen LogP contribution >= 0.6 is 11.3 Å². The van der Waals surface area contributed by atoms with E-state index in [-0.39, 0.29) is 33.4 Å². The van der Waals surface area contributed by atoms with Crippen molar-refractivity contribution in [3.63, 3.8) is 0 Å². The van der Waals surface area contributed by atoms with Crippen LogP contribution in [0.2, 0.25) is 0 Å². The van der Waals surface area contributed by atoms with Gasteiger partial charge in [0.2, 0.25) is 10.0 Å². The molecule has 192 valence electrons. The van der Waals surface area contributed by atoms with E-state index in [0.29, 0.717) is 5.69 Å². The highest BCUT2D eigenvalue weighted by Crippen LogP contribution is 2.23. The van der Waals surface area contributed by atoms with E-state index in [2.05, 4.69) is 15.0 Å². The lowest BCUT2D eigenvalue weighted by atomic mass is 10.1. The van der Waals surface area contributed by atoms with Crippen LogP contribution in [0.15, 0.2) is 89.3 Å². The first-order valence-electron chi connectivity index (χ1n) is 10.7. The Morgan fingerprint density at radius 3 is 2.24 bits per heavy atom. The molecule has 0 unspecified atom stereocenters. The number of hydrogen-bond donors (Lipinski definition) is 2. The second kappa shape index (κ2) is 10.7. The van der Waals surface area contributed by atoms with E-state index in [0.717, 1.165) is 21.9 Å². The first-order valence-corrected chi connectivity index (χ1v) is 14.9. The summed E-state index contributed by atoms with van der Waals surface area (Å²) in [5, 5.41) is 4.55. The highest BCUT2D eigenvalue weighted by molar-refractivity contribution is 7.93. The standard InChI is InChI=1S/C24H21FN4O5S3/c1-36(31,32)29(16-18-4-2-3-5-22(18)25)20-10-6-17(7-11-20)23(30)27-19-8-12-21(13-9-19)37(33,34)28-24-26-14-15-35-24/h2-15H,16H2,1H3,(H,26,28)(H,27,30). The zero-order valence-electron chi connectivity index (χ0n) is 19.3. The molecule has 0 radical (unpaired) electrons. The van der Waals surface area contributed by atoms with Gasteiger partial charge in [0.1, 0.15) is 5.82 Å². The largest absolute Gasteiger partial charge is 0.322 e. The van der Waals surface area contributed by atoms with Crippen LogP contribution in [0.5, 0.6) is 0 Å². The Bertz CT molecular complexity index is 1610. The molecule has 0 aliphatic carbocycles. The van der Waals surface area contributed by atoms with Gasteiger partial charge in [0.05, 0.1) is 23.4 Å². The molecule has 1 amide bonds. The van der Waals surface area contributed by atoms with Crippen LogP contribution in [0.4, 0.5) is 20.9 Å². The Morgan fingerprint density at radius 2 is 1.65 bits per heavy atom. The summed E-state index contributed by atoms with van der Waals surface area (Å²) >= 11 is 1.15. The van der Waals surface area contributed by atoms with E-state index in [1.807, 2.05) is 0 Å². The van der Waals surface area contributed by atoms with Crippen LogP contribution in [-0.4, -0.2) is 34.0 Å². The summed E-state index contributed by atoms with van der Waals surface area (Å²) in [5.41, 5.74) is 1.08. The molecule has 9 nitrogen and oxygen atoms in total. The van der Waals surface area contributed by atoms with Crippen molar-refractivity contribution in [2.45, 2.75) is 11.4 Å². The molecule has 0 spiro atoms. The van der Waals surface area contributed by atoms with Crippen molar-refractivity contribution < 1.29 is 26.0 Å². The maximum atomic E-state index is 14.1. The predicted octanol–water partition coefficient (Wildman–Crippen LogP) is 4.30. The zero-order valence-corrected chi connectivity index (χ0v) is 21.8. The second-order valence-corrected chi connectivity index (χ2v) is 12.3. The van der Waals surface area contributed by atoms with Crippen molar-refractivity contribution in [1.29, 1.82) is 0 Å². The SMILES string of the molecule is CS(=O)(=O)N(Cc1ccccc1F)c1ccc(C(=O)Nc2ccc(S(=O)(=O)Nc3nccs3)cc2)cc1. The number of benzene rings is 3. The first-order chi connectivity index (χ1) is 17.5. The number of halogens is 1. The molecule has 0 aliphatic heterocycles. The third-order valence-corrected chi connectivity index (χ3v) is 8.48. The summed E-state index contributed by atoms with van der Waals surface area (Å²) in [6.07, 6.45) is 2.50. The summed E-state index contributed by atoms with van der Waals surface area (Å²) < 4.78 is 67.1. The van der Waals surface area contributed by atoms with Gasteiger partial charge in [0.25, 0.3) is 15.9 Å². The highest BCUT2D eigenvalue weighted by Gasteiger charge is 2.20. The van der Waals surface area contributed by atoms with E-state index < -0.39 is 31.8 Å². The maximum Gasteiger partial charge on any atom is 0.263 e. The second-order valence-electron chi connectivity index (χ2n) is 7.83. The van der Waals surface area contributed by atoms with Gasteiger partial charge >= 0.3 is 0 Å².